The monoisotopic (exact) mass is 613 g/mol. The summed E-state index contributed by atoms with van der Waals surface area (Å²) in [7, 11) is 0. The molecule has 0 aliphatic carbocycles. The summed E-state index contributed by atoms with van der Waals surface area (Å²) in [5.41, 5.74) is 13.6. The predicted molar refractivity (Wildman–Crippen MR) is 202 cm³/mol. The zero-order valence-electron chi connectivity index (χ0n) is 26.8. The van der Waals surface area contributed by atoms with Crippen LogP contribution in [0.3, 0.4) is 0 Å². The summed E-state index contributed by atoms with van der Waals surface area (Å²) in [5, 5.41) is 7.66. The van der Waals surface area contributed by atoms with Gasteiger partial charge in [0.1, 0.15) is 0 Å². The van der Waals surface area contributed by atoms with Crippen LogP contribution in [-0.2, 0) is 5.41 Å². The van der Waals surface area contributed by atoms with Crippen molar-refractivity contribution in [3.8, 4) is 17.1 Å². The lowest BCUT2D eigenvalue weighted by atomic mass is 9.74. The minimum absolute atomic E-state index is 0.191. The molecule has 0 bridgehead atoms. The van der Waals surface area contributed by atoms with Gasteiger partial charge < -0.3 is 13.7 Å². The maximum Gasteiger partial charge on any atom is 0.0583 e. The van der Waals surface area contributed by atoms with Crippen LogP contribution in [0.15, 0.2) is 152 Å². The molecule has 1 aliphatic rings. The molecule has 0 atom stereocenters. The number of para-hydroxylation sites is 5. The number of hydrogen-bond acceptors (Lipinski definition) is 0. The molecule has 10 aromatic rings. The van der Waals surface area contributed by atoms with Crippen LogP contribution in [0.5, 0.6) is 0 Å². The molecule has 0 saturated heterocycles. The van der Waals surface area contributed by atoms with Crippen molar-refractivity contribution in [2.24, 2.45) is 0 Å². The molecule has 0 saturated carbocycles. The summed E-state index contributed by atoms with van der Waals surface area (Å²) in [6, 6.07) is 56.1. The quantitative estimate of drug-likeness (QED) is 0.184. The predicted octanol–water partition coefficient (Wildman–Crippen LogP) is 11.6. The molecule has 0 N–H and O–H groups in total. The third kappa shape index (κ3) is 3.18. The van der Waals surface area contributed by atoms with Crippen molar-refractivity contribution in [1.82, 2.24) is 13.7 Å². The van der Waals surface area contributed by atoms with E-state index in [9.17, 15) is 0 Å². The van der Waals surface area contributed by atoms with Crippen molar-refractivity contribution >= 4 is 65.4 Å². The fraction of sp³-hybridized carbons (Fsp3) is 0.0667. The Kier molecular flexibility index (Phi) is 4.91. The first-order chi connectivity index (χ1) is 23.6. The zero-order chi connectivity index (χ0) is 31.7. The highest BCUT2D eigenvalue weighted by Crippen LogP contribution is 2.49. The third-order valence-electron chi connectivity index (χ3n) is 11.0. The lowest BCUT2D eigenvalue weighted by Gasteiger charge is -2.35. The average molecular weight is 614 g/mol. The number of hydrogen-bond donors (Lipinski definition) is 0. The van der Waals surface area contributed by atoms with E-state index in [4.69, 9.17) is 0 Å². The fourth-order valence-corrected chi connectivity index (χ4v) is 8.86. The van der Waals surface area contributed by atoms with E-state index in [-0.39, 0.29) is 5.41 Å². The van der Waals surface area contributed by atoms with E-state index in [0.717, 1.165) is 0 Å². The van der Waals surface area contributed by atoms with Gasteiger partial charge >= 0.3 is 0 Å². The smallest absolute Gasteiger partial charge is 0.0583 e. The summed E-state index contributed by atoms with van der Waals surface area (Å²) in [4.78, 5) is 0. The largest absolute Gasteiger partial charge is 0.309 e. The number of benzene rings is 7. The fourth-order valence-electron chi connectivity index (χ4n) is 8.86. The third-order valence-corrected chi connectivity index (χ3v) is 11.0. The highest BCUT2D eigenvalue weighted by atomic mass is 15.0. The number of rotatable bonds is 2. The number of aromatic nitrogens is 3. The summed E-state index contributed by atoms with van der Waals surface area (Å²) in [5.74, 6) is 0. The van der Waals surface area contributed by atoms with E-state index < -0.39 is 0 Å². The summed E-state index contributed by atoms with van der Waals surface area (Å²) in [6.07, 6.45) is 0. The Morgan fingerprint density at radius 1 is 0.354 bits per heavy atom. The van der Waals surface area contributed by atoms with Gasteiger partial charge in [-0.15, -0.1) is 0 Å². The first-order valence-electron chi connectivity index (χ1n) is 16.8. The lowest BCUT2D eigenvalue weighted by molar-refractivity contribution is 0.630. The van der Waals surface area contributed by atoms with Gasteiger partial charge in [-0.1, -0.05) is 105 Å². The maximum atomic E-state index is 2.52. The summed E-state index contributed by atoms with van der Waals surface area (Å²) >= 11 is 0. The molecule has 0 amide bonds. The molecule has 3 heteroatoms. The minimum Gasteiger partial charge on any atom is -0.309 e. The van der Waals surface area contributed by atoms with E-state index in [1.807, 2.05) is 0 Å². The minimum atomic E-state index is -0.191. The van der Waals surface area contributed by atoms with Crippen LogP contribution in [0.25, 0.3) is 82.5 Å². The molecule has 0 unspecified atom stereocenters. The average Bonchev–Trinajstić information content (AvgIpc) is 3.76. The second-order valence-corrected chi connectivity index (χ2v) is 13.8. The Balaban J connectivity index is 1.30. The first kappa shape index (κ1) is 26.1. The van der Waals surface area contributed by atoms with Gasteiger partial charge in [-0.3, -0.25) is 0 Å². The van der Waals surface area contributed by atoms with Crippen molar-refractivity contribution in [3.05, 3.63) is 163 Å². The van der Waals surface area contributed by atoms with Gasteiger partial charge in [0, 0.05) is 49.1 Å². The van der Waals surface area contributed by atoms with Crippen LogP contribution in [0.4, 0.5) is 0 Å². The van der Waals surface area contributed by atoms with Gasteiger partial charge in [0.15, 0.2) is 0 Å². The van der Waals surface area contributed by atoms with E-state index in [0.29, 0.717) is 0 Å². The number of fused-ring (bicyclic) bond motifs is 11. The summed E-state index contributed by atoms with van der Waals surface area (Å²) in [6.45, 7) is 4.78. The SMILES string of the molecule is CC1(C)c2ccccc2-n2c3ccc(-n4c5ccccc5c5ccccc54)cc3c3cc(-n4c5ccccc5c5ccccc54)cc1c32. The molecule has 0 radical (unpaired) electrons. The van der Waals surface area contributed by atoms with E-state index >= 15 is 0 Å². The van der Waals surface area contributed by atoms with Gasteiger partial charge in [0.25, 0.3) is 0 Å². The van der Waals surface area contributed by atoms with Crippen LogP contribution >= 0.6 is 0 Å². The van der Waals surface area contributed by atoms with E-state index in [1.54, 1.807) is 0 Å². The Bertz CT molecular complexity index is 2870. The van der Waals surface area contributed by atoms with Crippen LogP contribution < -0.4 is 0 Å². The van der Waals surface area contributed by atoms with Crippen LogP contribution in [0, 0.1) is 0 Å². The molecule has 11 rings (SSSR count). The van der Waals surface area contributed by atoms with Crippen molar-refractivity contribution < 1.29 is 0 Å². The highest BCUT2D eigenvalue weighted by molar-refractivity contribution is 6.15. The maximum absolute atomic E-state index is 2.52. The van der Waals surface area contributed by atoms with Crippen molar-refractivity contribution in [2.45, 2.75) is 19.3 Å². The van der Waals surface area contributed by atoms with Gasteiger partial charge in [-0.2, -0.15) is 0 Å². The van der Waals surface area contributed by atoms with Crippen molar-refractivity contribution in [2.75, 3.05) is 0 Å². The van der Waals surface area contributed by atoms with Crippen LogP contribution in [0.1, 0.15) is 25.0 Å². The molecule has 3 nitrogen and oxygen atoms in total. The Morgan fingerprint density at radius 2 is 0.812 bits per heavy atom. The molecule has 0 spiro atoms. The molecule has 226 valence electrons. The molecule has 48 heavy (non-hydrogen) atoms. The van der Waals surface area contributed by atoms with Gasteiger partial charge in [-0.25, -0.2) is 0 Å². The zero-order valence-corrected chi connectivity index (χ0v) is 26.8. The first-order valence-corrected chi connectivity index (χ1v) is 16.8. The topological polar surface area (TPSA) is 14.8 Å². The molecule has 3 aromatic heterocycles. The Hall–Kier alpha value is -6.06. The second-order valence-electron chi connectivity index (χ2n) is 13.8. The Morgan fingerprint density at radius 3 is 1.40 bits per heavy atom. The standard InChI is InChI=1S/C45H31N3/c1-45(2)36-17-7-12-22-43(36)48-42-24-23-28(46-38-18-8-3-13-30(38)31-14-4-9-19-39(31)46)25-34(42)35-26-29(27-37(45)44(35)48)47-40-20-10-5-15-32(40)33-16-6-11-21-41(33)47/h3-27H,1-2H3. The molecule has 1 aliphatic heterocycles. The van der Waals surface area contributed by atoms with E-state index in [1.165, 1.54) is 93.6 Å². The van der Waals surface area contributed by atoms with Crippen molar-refractivity contribution in [3.63, 3.8) is 0 Å². The van der Waals surface area contributed by atoms with Crippen LogP contribution in [0.2, 0.25) is 0 Å². The lowest BCUT2D eigenvalue weighted by Crippen LogP contribution is -2.26. The molecular formula is C45H31N3. The normalized spacial score (nSPS) is 13.8. The highest BCUT2D eigenvalue weighted by Gasteiger charge is 2.36. The molecule has 4 heterocycles. The molecule has 0 fully saturated rings. The van der Waals surface area contributed by atoms with Gasteiger partial charge in [0.2, 0.25) is 0 Å². The van der Waals surface area contributed by atoms with Crippen LogP contribution in [-0.4, -0.2) is 13.7 Å². The van der Waals surface area contributed by atoms with Gasteiger partial charge in [0.05, 0.1) is 38.8 Å². The van der Waals surface area contributed by atoms with Gasteiger partial charge in [-0.05, 0) is 71.8 Å². The summed E-state index contributed by atoms with van der Waals surface area (Å²) < 4.78 is 7.42. The Labute approximate surface area is 277 Å². The van der Waals surface area contributed by atoms with E-state index in [2.05, 4.69) is 179 Å². The molecular weight excluding hydrogens is 583 g/mol. The van der Waals surface area contributed by atoms with Crippen molar-refractivity contribution in [1.29, 1.82) is 0 Å². The molecule has 7 aromatic carbocycles. The second kappa shape index (κ2) is 9.05. The number of nitrogens with zero attached hydrogens (tertiary/aromatic N) is 3.